The number of rotatable bonds is 7. The third-order valence-electron chi connectivity index (χ3n) is 4.72. The van der Waals surface area contributed by atoms with E-state index in [-0.39, 0.29) is 17.4 Å². The van der Waals surface area contributed by atoms with Crippen LogP contribution >= 0.6 is 0 Å². The van der Waals surface area contributed by atoms with Crippen LogP contribution in [0, 0.1) is 19.7 Å². The van der Waals surface area contributed by atoms with Crippen molar-refractivity contribution in [3.63, 3.8) is 0 Å². The van der Waals surface area contributed by atoms with Crippen LogP contribution < -0.4 is 14.8 Å². The lowest BCUT2D eigenvalue weighted by Crippen LogP contribution is -2.26. The Labute approximate surface area is 168 Å². The lowest BCUT2D eigenvalue weighted by atomic mass is 10.1. The van der Waals surface area contributed by atoms with Gasteiger partial charge in [0.25, 0.3) is 5.91 Å². The average Bonchev–Trinajstić information content (AvgIpc) is 3.11. The highest BCUT2D eigenvalue weighted by Crippen LogP contribution is 2.27. The van der Waals surface area contributed by atoms with E-state index in [2.05, 4.69) is 15.6 Å². The largest absolute Gasteiger partial charge is 0.493 e. The quantitative estimate of drug-likeness (QED) is 0.662. The molecular weight excluding hydrogens is 375 g/mol. The number of carbonyl (C=O) groups is 1. The standard InChI is InChI=1S/C21H23FN4O3/c1-13-16(22)6-5-7-17(13)26-14(2)20(24-25-26)21(27)23-11-10-15-8-9-18(28-3)19(12-15)29-4/h5-9,12H,10-11H2,1-4H3,(H,23,27). The number of nitrogens with one attached hydrogen (secondary N) is 1. The summed E-state index contributed by atoms with van der Waals surface area (Å²) in [5.41, 5.74) is 2.75. The molecule has 0 spiro atoms. The fraction of sp³-hybridized carbons (Fsp3) is 0.286. The van der Waals surface area contributed by atoms with Crippen LogP contribution in [0.1, 0.15) is 27.3 Å². The summed E-state index contributed by atoms with van der Waals surface area (Å²) in [5, 5.41) is 10.9. The van der Waals surface area contributed by atoms with E-state index in [1.807, 2.05) is 18.2 Å². The average molecular weight is 398 g/mol. The number of nitrogens with zero attached hydrogens (tertiary/aromatic N) is 3. The molecule has 0 aliphatic rings. The first-order chi connectivity index (χ1) is 14.0. The van der Waals surface area contributed by atoms with Crippen LogP contribution in [0.15, 0.2) is 36.4 Å². The van der Waals surface area contributed by atoms with Gasteiger partial charge >= 0.3 is 0 Å². The van der Waals surface area contributed by atoms with Crippen molar-refractivity contribution < 1.29 is 18.7 Å². The molecule has 152 valence electrons. The van der Waals surface area contributed by atoms with E-state index in [0.717, 1.165) is 5.56 Å². The van der Waals surface area contributed by atoms with Gasteiger partial charge in [0.1, 0.15) is 5.82 Å². The van der Waals surface area contributed by atoms with Gasteiger partial charge in [-0.15, -0.1) is 5.10 Å². The van der Waals surface area contributed by atoms with Crippen molar-refractivity contribution in [2.24, 2.45) is 0 Å². The summed E-state index contributed by atoms with van der Waals surface area (Å²) in [6.07, 6.45) is 0.613. The van der Waals surface area contributed by atoms with E-state index in [1.54, 1.807) is 40.2 Å². The molecule has 8 heteroatoms. The van der Waals surface area contributed by atoms with Crippen molar-refractivity contribution in [2.45, 2.75) is 20.3 Å². The highest BCUT2D eigenvalue weighted by atomic mass is 19.1. The first-order valence-corrected chi connectivity index (χ1v) is 9.13. The second-order valence-corrected chi connectivity index (χ2v) is 6.51. The number of aromatic nitrogens is 3. The lowest BCUT2D eigenvalue weighted by Gasteiger charge is -2.10. The minimum absolute atomic E-state index is 0.209. The highest BCUT2D eigenvalue weighted by Gasteiger charge is 2.18. The zero-order valence-corrected chi connectivity index (χ0v) is 16.8. The summed E-state index contributed by atoms with van der Waals surface area (Å²) in [4.78, 5) is 12.5. The monoisotopic (exact) mass is 398 g/mol. The Kier molecular flexibility index (Phi) is 6.11. The van der Waals surface area contributed by atoms with Gasteiger partial charge in [-0.25, -0.2) is 9.07 Å². The Bertz CT molecular complexity index is 1030. The maximum absolute atomic E-state index is 13.8. The number of hydrogen-bond acceptors (Lipinski definition) is 5. The van der Waals surface area contributed by atoms with Gasteiger partial charge in [0.05, 0.1) is 25.6 Å². The molecule has 0 saturated carbocycles. The molecule has 0 saturated heterocycles. The van der Waals surface area contributed by atoms with E-state index in [4.69, 9.17) is 9.47 Å². The molecule has 1 N–H and O–H groups in total. The highest BCUT2D eigenvalue weighted by molar-refractivity contribution is 5.93. The van der Waals surface area contributed by atoms with E-state index >= 15 is 0 Å². The Morgan fingerprint density at radius 2 is 1.90 bits per heavy atom. The zero-order chi connectivity index (χ0) is 21.0. The van der Waals surface area contributed by atoms with Crippen LogP contribution in [0.3, 0.4) is 0 Å². The Morgan fingerprint density at radius 1 is 1.14 bits per heavy atom. The van der Waals surface area contributed by atoms with Gasteiger partial charge in [-0.3, -0.25) is 4.79 Å². The second kappa shape index (κ2) is 8.72. The molecule has 1 aromatic heterocycles. The summed E-state index contributed by atoms with van der Waals surface area (Å²) in [5.74, 6) is 0.627. The maximum Gasteiger partial charge on any atom is 0.273 e. The lowest BCUT2D eigenvalue weighted by molar-refractivity contribution is 0.0948. The van der Waals surface area contributed by atoms with Crippen LogP contribution in [0.25, 0.3) is 5.69 Å². The van der Waals surface area contributed by atoms with Gasteiger partial charge in [0.2, 0.25) is 0 Å². The first kappa shape index (κ1) is 20.3. The maximum atomic E-state index is 13.8. The normalized spacial score (nSPS) is 10.7. The van der Waals surface area contributed by atoms with Crippen molar-refractivity contribution in [3.05, 3.63) is 64.7 Å². The summed E-state index contributed by atoms with van der Waals surface area (Å²) in [7, 11) is 3.16. The molecular formula is C21H23FN4O3. The van der Waals surface area contributed by atoms with E-state index < -0.39 is 0 Å². The summed E-state index contributed by atoms with van der Waals surface area (Å²) < 4.78 is 25.8. The molecule has 0 aliphatic heterocycles. The summed E-state index contributed by atoms with van der Waals surface area (Å²) in [6.45, 7) is 3.81. The van der Waals surface area contributed by atoms with Gasteiger partial charge < -0.3 is 14.8 Å². The van der Waals surface area contributed by atoms with E-state index in [0.29, 0.717) is 41.4 Å². The molecule has 0 bridgehead atoms. The van der Waals surface area contributed by atoms with Gasteiger partial charge in [0, 0.05) is 12.1 Å². The molecule has 0 radical (unpaired) electrons. The molecule has 0 unspecified atom stereocenters. The third kappa shape index (κ3) is 4.21. The smallest absolute Gasteiger partial charge is 0.273 e. The van der Waals surface area contributed by atoms with Gasteiger partial charge in [0.15, 0.2) is 17.2 Å². The minimum Gasteiger partial charge on any atom is -0.493 e. The van der Waals surface area contributed by atoms with Crippen molar-refractivity contribution in [2.75, 3.05) is 20.8 Å². The molecule has 3 rings (SSSR count). The predicted octanol–water partition coefficient (Wildman–Crippen LogP) is 3.01. The van der Waals surface area contributed by atoms with Gasteiger partial charge in [-0.1, -0.05) is 17.3 Å². The Morgan fingerprint density at radius 3 is 2.62 bits per heavy atom. The number of carbonyl (C=O) groups excluding carboxylic acids is 1. The Hall–Kier alpha value is -3.42. The fourth-order valence-electron chi connectivity index (χ4n) is 3.03. The van der Waals surface area contributed by atoms with Crippen LogP contribution in [0.2, 0.25) is 0 Å². The van der Waals surface area contributed by atoms with Gasteiger partial charge in [-0.2, -0.15) is 0 Å². The van der Waals surface area contributed by atoms with Crippen LogP contribution in [0.4, 0.5) is 4.39 Å². The van der Waals surface area contributed by atoms with E-state index in [9.17, 15) is 9.18 Å². The van der Waals surface area contributed by atoms with Crippen molar-refractivity contribution >= 4 is 5.91 Å². The number of amides is 1. The molecule has 29 heavy (non-hydrogen) atoms. The second-order valence-electron chi connectivity index (χ2n) is 6.51. The summed E-state index contributed by atoms with van der Waals surface area (Å²) in [6, 6.07) is 10.3. The molecule has 1 heterocycles. The van der Waals surface area contributed by atoms with Gasteiger partial charge in [-0.05, 0) is 50.1 Å². The first-order valence-electron chi connectivity index (χ1n) is 9.13. The van der Waals surface area contributed by atoms with Crippen molar-refractivity contribution in [1.29, 1.82) is 0 Å². The third-order valence-corrected chi connectivity index (χ3v) is 4.72. The molecule has 7 nitrogen and oxygen atoms in total. The molecule has 1 amide bonds. The van der Waals surface area contributed by atoms with Crippen LogP contribution in [-0.2, 0) is 6.42 Å². The molecule has 0 aliphatic carbocycles. The SMILES string of the molecule is COc1ccc(CCNC(=O)c2nnn(-c3cccc(F)c3C)c2C)cc1OC. The molecule has 0 fully saturated rings. The number of hydrogen-bond donors (Lipinski definition) is 1. The molecule has 0 atom stereocenters. The molecule has 2 aromatic carbocycles. The number of halogens is 1. The predicted molar refractivity (Wildman–Crippen MR) is 106 cm³/mol. The number of ether oxygens (including phenoxy) is 2. The van der Waals surface area contributed by atoms with Crippen molar-refractivity contribution in [3.8, 4) is 17.2 Å². The number of benzene rings is 2. The van der Waals surface area contributed by atoms with E-state index in [1.165, 1.54) is 10.7 Å². The van der Waals surface area contributed by atoms with Crippen LogP contribution in [-0.4, -0.2) is 41.7 Å². The summed E-state index contributed by atoms with van der Waals surface area (Å²) >= 11 is 0. The zero-order valence-electron chi connectivity index (χ0n) is 16.8. The molecule has 3 aromatic rings. The topological polar surface area (TPSA) is 78.3 Å². The van der Waals surface area contributed by atoms with Crippen molar-refractivity contribution in [1.82, 2.24) is 20.3 Å². The number of methoxy groups -OCH3 is 2. The minimum atomic E-state index is -0.335. The van der Waals surface area contributed by atoms with Crippen LogP contribution in [0.5, 0.6) is 11.5 Å². The Balaban J connectivity index is 1.68. The fourth-order valence-corrected chi connectivity index (χ4v) is 3.03.